The van der Waals surface area contributed by atoms with E-state index in [0.29, 0.717) is 0 Å². The van der Waals surface area contributed by atoms with Gasteiger partial charge in [-0.15, -0.1) is 212 Å². The average molecular weight is 1900 g/mol. The minimum absolute atomic E-state index is 0. The van der Waals surface area contributed by atoms with E-state index < -0.39 is 0 Å². The molecule has 6 nitrogen and oxygen atoms in total. The number of fused-ring (bicyclic) bond motifs is 1. The molecule has 0 aliphatic heterocycles. The zero-order valence-electron chi connectivity index (χ0n) is 53.0. The number of hydrogen-bond acceptors (Lipinski definition) is 6. The molecule has 4 radical (unpaired) electrons. The van der Waals surface area contributed by atoms with Gasteiger partial charge in [-0.1, -0.05) is 125 Å². The van der Waals surface area contributed by atoms with Crippen LogP contribution in [0.15, 0.2) is 237 Å². The van der Waals surface area contributed by atoms with Crippen molar-refractivity contribution in [2.24, 2.45) is 0 Å². The molecule has 0 atom stereocenters. The van der Waals surface area contributed by atoms with Crippen LogP contribution in [0.2, 0.25) is 0 Å². The minimum atomic E-state index is 0. The van der Waals surface area contributed by atoms with Crippen LogP contribution < -0.4 is 0 Å². The van der Waals surface area contributed by atoms with Crippen LogP contribution in [0.1, 0.15) is 61.2 Å². The molecule has 0 amide bonds. The zero-order valence-corrected chi connectivity index (χ0v) is 62.6. The van der Waals surface area contributed by atoms with Gasteiger partial charge in [0.15, 0.2) is 0 Å². The molecular formula is C81H72Ir4N6-6. The molecule has 0 unspecified atom stereocenters. The van der Waals surface area contributed by atoms with E-state index in [-0.39, 0.29) is 80.4 Å². The SMILES string of the molecule is Cc1c[c-]c(-c2cc(C)ccn2)cc1.Cc1cc[c-]c(-c2cc(C)ccn2)c1.Cc1cc[c-]c(-c2nccc3ccccc23)c1.Cc1ccc(-c2[c-]ccc(C)c2)nc1.Cc1ccc(-c2[c-]ccc(C)c2)nc1.Cc1ccc(-c2[c-]ccc(C)c2)nc1.[Ir].[Ir].[Ir].[Ir]. The predicted molar refractivity (Wildman–Crippen MR) is 361 cm³/mol. The first-order valence-corrected chi connectivity index (χ1v) is 29.0. The second kappa shape index (κ2) is 38.9. The third-order valence-electron chi connectivity index (χ3n) is 13.6. The molecule has 0 N–H and O–H groups in total. The standard InChI is InChI=1S/C16H12N.5C13H12N.4Ir/c1-12-5-4-7-14(11-12)16-15-8-3-2-6-13(15)9-10-17-16;1-10-3-5-12(6-4-10)13-9-11(2)7-8-14-13;1-10-4-3-5-12(8-10)13-9-11(2)6-7-14-13;3*1-10-4-3-5-12(8-10)13-7-6-11(2)9-14-13;;;;/h2-6,8-11H,1H3;3-5,7-9H,1-2H3;4*3-4,6-9H,1-2H3;;;;/q6*-1;;;;. The predicted octanol–water partition coefficient (Wildman–Crippen LogP) is 19.8. The third-order valence-corrected chi connectivity index (χ3v) is 13.6. The molecule has 0 spiro atoms. The van der Waals surface area contributed by atoms with Crippen molar-refractivity contribution in [2.45, 2.75) is 76.2 Å². The Morgan fingerprint density at radius 3 is 0.945 bits per heavy atom. The van der Waals surface area contributed by atoms with E-state index in [1.807, 2.05) is 167 Å². The molecular weight excluding hydrogens is 1830 g/mol. The van der Waals surface area contributed by atoms with Gasteiger partial charge in [-0.25, -0.2) is 0 Å². The number of aromatic nitrogens is 6. The number of hydrogen-bond donors (Lipinski definition) is 0. The summed E-state index contributed by atoms with van der Waals surface area (Å²) < 4.78 is 0. The average Bonchev–Trinajstić information content (AvgIpc) is 1.30. The van der Waals surface area contributed by atoms with Gasteiger partial charge < -0.3 is 29.9 Å². The quantitative estimate of drug-likeness (QED) is 0.154. The molecule has 0 fully saturated rings. The van der Waals surface area contributed by atoms with E-state index in [4.69, 9.17) is 0 Å². The number of benzene rings is 7. The molecule has 13 rings (SSSR count). The second-order valence-electron chi connectivity index (χ2n) is 21.7. The van der Waals surface area contributed by atoms with Crippen LogP contribution in [0.25, 0.3) is 78.3 Å². The van der Waals surface area contributed by atoms with Gasteiger partial charge in [-0.3, -0.25) is 0 Å². The first-order chi connectivity index (χ1) is 42.1. The molecule has 0 saturated heterocycles. The van der Waals surface area contributed by atoms with Crippen LogP contribution >= 0.6 is 0 Å². The maximum absolute atomic E-state index is 4.49. The van der Waals surface area contributed by atoms with Crippen LogP contribution in [-0.4, -0.2) is 29.9 Å². The summed E-state index contributed by atoms with van der Waals surface area (Å²) in [6.45, 7) is 22.7. The van der Waals surface area contributed by atoms with Gasteiger partial charge in [0.1, 0.15) is 0 Å². The summed E-state index contributed by atoms with van der Waals surface area (Å²) in [5.41, 5.74) is 25.7. The molecule has 13 aromatic rings. The minimum Gasteiger partial charge on any atom is -0.305 e. The Morgan fingerprint density at radius 2 is 0.582 bits per heavy atom. The van der Waals surface area contributed by atoms with Gasteiger partial charge in [0.2, 0.25) is 0 Å². The Labute approximate surface area is 594 Å². The van der Waals surface area contributed by atoms with Crippen molar-refractivity contribution in [1.82, 2.24) is 29.9 Å². The molecule has 7 aromatic carbocycles. The Morgan fingerprint density at radius 1 is 0.242 bits per heavy atom. The topological polar surface area (TPSA) is 77.3 Å². The van der Waals surface area contributed by atoms with E-state index in [9.17, 15) is 0 Å². The van der Waals surface area contributed by atoms with Gasteiger partial charge in [0.25, 0.3) is 0 Å². The molecule has 91 heavy (non-hydrogen) atoms. The van der Waals surface area contributed by atoms with E-state index in [1.165, 1.54) is 72.0 Å². The summed E-state index contributed by atoms with van der Waals surface area (Å²) in [5.74, 6) is 0. The smallest absolute Gasteiger partial charge is 0.0190 e. The molecule has 6 heterocycles. The summed E-state index contributed by atoms with van der Waals surface area (Å²) in [6.07, 6.45) is 11.2. The summed E-state index contributed by atoms with van der Waals surface area (Å²) >= 11 is 0. The largest absolute Gasteiger partial charge is 0.305 e. The van der Waals surface area contributed by atoms with E-state index >= 15 is 0 Å². The van der Waals surface area contributed by atoms with Crippen LogP contribution in [-0.2, 0) is 80.4 Å². The molecule has 0 aliphatic rings. The zero-order chi connectivity index (χ0) is 61.5. The van der Waals surface area contributed by atoms with Gasteiger partial charge in [0, 0.05) is 118 Å². The molecule has 468 valence electrons. The van der Waals surface area contributed by atoms with Crippen LogP contribution in [0.5, 0.6) is 0 Å². The summed E-state index contributed by atoms with van der Waals surface area (Å²) in [5, 5.41) is 2.39. The monoisotopic (exact) mass is 1900 g/mol. The first kappa shape index (κ1) is 75.8. The van der Waals surface area contributed by atoms with E-state index in [0.717, 1.165) is 67.5 Å². The van der Waals surface area contributed by atoms with Gasteiger partial charge in [-0.2, -0.15) is 0 Å². The van der Waals surface area contributed by atoms with Crippen molar-refractivity contribution in [2.75, 3.05) is 0 Å². The molecule has 6 aromatic heterocycles. The number of pyridine rings is 6. The fraction of sp³-hybridized carbons (Fsp3) is 0.136. The van der Waals surface area contributed by atoms with E-state index in [2.05, 4.69) is 213 Å². The van der Waals surface area contributed by atoms with Crippen molar-refractivity contribution in [3.05, 3.63) is 335 Å². The van der Waals surface area contributed by atoms with Gasteiger partial charge in [0.05, 0.1) is 0 Å². The van der Waals surface area contributed by atoms with Crippen molar-refractivity contribution in [1.29, 1.82) is 0 Å². The summed E-state index contributed by atoms with van der Waals surface area (Å²) in [6, 6.07) is 86.5. The fourth-order valence-electron chi connectivity index (χ4n) is 8.87. The fourth-order valence-corrected chi connectivity index (χ4v) is 8.87. The Balaban J connectivity index is 0.000000231. The maximum atomic E-state index is 4.49. The first-order valence-electron chi connectivity index (χ1n) is 29.0. The Bertz CT molecular complexity index is 3890. The molecule has 0 saturated carbocycles. The van der Waals surface area contributed by atoms with Crippen molar-refractivity contribution < 1.29 is 80.4 Å². The van der Waals surface area contributed by atoms with Crippen LogP contribution in [0.3, 0.4) is 0 Å². The summed E-state index contributed by atoms with van der Waals surface area (Å²) in [4.78, 5) is 26.2. The van der Waals surface area contributed by atoms with Crippen LogP contribution in [0, 0.1) is 113 Å². The van der Waals surface area contributed by atoms with Crippen LogP contribution in [0.4, 0.5) is 0 Å². The number of nitrogens with zero attached hydrogens (tertiary/aromatic N) is 6. The Kier molecular flexibility index (Phi) is 32.4. The molecule has 10 heteroatoms. The molecule has 0 aliphatic carbocycles. The Hall–Kier alpha value is -7.70. The third kappa shape index (κ3) is 24.5. The number of rotatable bonds is 6. The molecule has 0 bridgehead atoms. The van der Waals surface area contributed by atoms with E-state index in [1.54, 1.807) is 0 Å². The number of aryl methyl sites for hydroxylation is 11. The second-order valence-corrected chi connectivity index (χ2v) is 21.7. The van der Waals surface area contributed by atoms with Crippen molar-refractivity contribution in [3.8, 4) is 67.5 Å². The van der Waals surface area contributed by atoms with Gasteiger partial charge in [-0.05, 0) is 114 Å². The normalized spacial score (nSPS) is 9.79. The van der Waals surface area contributed by atoms with Crippen molar-refractivity contribution in [3.63, 3.8) is 0 Å². The maximum Gasteiger partial charge on any atom is 0.0190 e. The van der Waals surface area contributed by atoms with Gasteiger partial charge >= 0.3 is 0 Å². The van der Waals surface area contributed by atoms with Crippen molar-refractivity contribution >= 4 is 10.8 Å². The summed E-state index contributed by atoms with van der Waals surface area (Å²) in [7, 11) is 0.